The zero-order chi connectivity index (χ0) is 10.6. The molecule has 0 amide bonds. The summed E-state index contributed by atoms with van der Waals surface area (Å²) in [6, 6.07) is 1.03. The highest BCUT2D eigenvalue weighted by Gasteiger charge is 2.22. The fraction of sp³-hybridized carbons (Fsp3) is 1.00. The Labute approximate surface area is 88.2 Å². The fourth-order valence-corrected chi connectivity index (χ4v) is 2.30. The fourth-order valence-electron chi connectivity index (χ4n) is 2.30. The van der Waals surface area contributed by atoms with Gasteiger partial charge in [-0.25, -0.2) is 0 Å². The summed E-state index contributed by atoms with van der Waals surface area (Å²) in [5.74, 6) is 0. The molecule has 0 spiro atoms. The van der Waals surface area contributed by atoms with Gasteiger partial charge in [-0.3, -0.25) is 4.90 Å². The molecule has 1 aliphatic rings. The zero-order valence-electron chi connectivity index (χ0n) is 9.87. The Balaban J connectivity index is 2.41. The average Bonchev–Trinajstić information content (AvgIpc) is 2.06. The molecule has 0 radical (unpaired) electrons. The molecule has 1 saturated heterocycles. The van der Waals surface area contributed by atoms with Gasteiger partial charge < -0.3 is 10.6 Å². The van der Waals surface area contributed by atoms with Crippen LogP contribution in [0.15, 0.2) is 0 Å². The number of nitrogens with two attached hydrogens (primary N) is 1. The van der Waals surface area contributed by atoms with Crippen molar-refractivity contribution >= 4 is 0 Å². The van der Waals surface area contributed by atoms with E-state index in [0.29, 0.717) is 6.04 Å². The maximum absolute atomic E-state index is 5.86. The smallest absolute Gasteiger partial charge is 0.0223 e. The number of likely N-dealkylation sites (N-methyl/N-ethyl adjacent to an activating group) is 1. The van der Waals surface area contributed by atoms with Crippen molar-refractivity contribution in [3.63, 3.8) is 0 Å². The minimum Gasteiger partial charge on any atom is -0.327 e. The topological polar surface area (TPSA) is 32.5 Å². The van der Waals surface area contributed by atoms with Crippen molar-refractivity contribution in [2.75, 3.05) is 33.7 Å². The highest BCUT2D eigenvalue weighted by molar-refractivity contribution is 4.80. The predicted molar refractivity (Wildman–Crippen MR) is 61.4 cm³/mol. The standard InChI is InChI=1S/C11H25N3/c1-10(12)8-14-7-5-4-6-11(14)9-13(2)3/h10-11H,4-9,12H2,1-3H3. The van der Waals surface area contributed by atoms with Crippen LogP contribution in [0.4, 0.5) is 0 Å². The van der Waals surface area contributed by atoms with Crippen LogP contribution < -0.4 is 5.73 Å². The minimum absolute atomic E-state index is 0.303. The summed E-state index contributed by atoms with van der Waals surface area (Å²) in [6.45, 7) is 5.56. The lowest BCUT2D eigenvalue weighted by Gasteiger charge is -2.38. The van der Waals surface area contributed by atoms with Gasteiger partial charge in [-0.1, -0.05) is 6.42 Å². The van der Waals surface area contributed by atoms with Gasteiger partial charge in [0.05, 0.1) is 0 Å². The summed E-state index contributed by atoms with van der Waals surface area (Å²) in [5, 5.41) is 0. The summed E-state index contributed by atoms with van der Waals surface area (Å²) in [7, 11) is 4.30. The van der Waals surface area contributed by atoms with Gasteiger partial charge in [0.25, 0.3) is 0 Å². The monoisotopic (exact) mass is 199 g/mol. The molecular weight excluding hydrogens is 174 g/mol. The molecule has 2 unspecified atom stereocenters. The van der Waals surface area contributed by atoms with Crippen molar-refractivity contribution < 1.29 is 0 Å². The molecule has 1 fully saturated rings. The van der Waals surface area contributed by atoms with Gasteiger partial charge in [0, 0.05) is 25.2 Å². The number of nitrogens with zero attached hydrogens (tertiary/aromatic N) is 2. The van der Waals surface area contributed by atoms with Crippen LogP contribution in [0.3, 0.4) is 0 Å². The van der Waals surface area contributed by atoms with Gasteiger partial charge in [-0.05, 0) is 40.4 Å². The molecule has 0 aromatic heterocycles. The third kappa shape index (κ3) is 3.95. The van der Waals surface area contributed by atoms with Crippen molar-refractivity contribution in [1.82, 2.24) is 9.80 Å². The van der Waals surface area contributed by atoms with Crippen LogP contribution in [0.1, 0.15) is 26.2 Å². The summed E-state index contributed by atoms with van der Waals surface area (Å²) < 4.78 is 0. The molecule has 1 rings (SSSR count). The minimum atomic E-state index is 0.303. The number of piperidine rings is 1. The van der Waals surface area contributed by atoms with Crippen molar-refractivity contribution in [3.05, 3.63) is 0 Å². The first-order chi connectivity index (χ1) is 6.59. The molecular formula is C11H25N3. The Morgan fingerprint density at radius 1 is 1.43 bits per heavy atom. The van der Waals surface area contributed by atoms with Gasteiger partial charge in [0.1, 0.15) is 0 Å². The molecule has 1 heterocycles. The lowest BCUT2D eigenvalue weighted by Crippen LogP contribution is -2.49. The van der Waals surface area contributed by atoms with Gasteiger partial charge in [0.2, 0.25) is 0 Å². The van der Waals surface area contributed by atoms with E-state index in [-0.39, 0.29) is 0 Å². The first-order valence-corrected chi connectivity index (χ1v) is 5.74. The highest BCUT2D eigenvalue weighted by Crippen LogP contribution is 2.17. The lowest BCUT2D eigenvalue weighted by molar-refractivity contribution is 0.116. The van der Waals surface area contributed by atoms with E-state index < -0.39 is 0 Å². The third-order valence-electron chi connectivity index (χ3n) is 2.85. The van der Waals surface area contributed by atoms with E-state index in [1.54, 1.807) is 0 Å². The van der Waals surface area contributed by atoms with Crippen LogP contribution >= 0.6 is 0 Å². The van der Waals surface area contributed by atoms with E-state index >= 15 is 0 Å². The van der Waals surface area contributed by atoms with E-state index in [0.717, 1.165) is 12.6 Å². The molecule has 2 N–H and O–H groups in total. The predicted octanol–water partition coefficient (Wildman–Crippen LogP) is 0.750. The summed E-state index contributed by atoms with van der Waals surface area (Å²) >= 11 is 0. The quantitative estimate of drug-likeness (QED) is 0.725. The Morgan fingerprint density at radius 3 is 2.71 bits per heavy atom. The average molecular weight is 199 g/mol. The number of hydrogen-bond acceptors (Lipinski definition) is 3. The maximum atomic E-state index is 5.86. The Hall–Kier alpha value is -0.120. The van der Waals surface area contributed by atoms with E-state index in [9.17, 15) is 0 Å². The zero-order valence-corrected chi connectivity index (χ0v) is 9.87. The van der Waals surface area contributed by atoms with Crippen LogP contribution in [0.25, 0.3) is 0 Å². The number of rotatable bonds is 4. The maximum Gasteiger partial charge on any atom is 0.0223 e. The second-order valence-electron chi connectivity index (χ2n) is 4.88. The third-order valence-corrected chi connectivity index (χ3v) is 2.85. The molecule has 0 aromatic carbocycles. The molecule has 3 heteroatoms. The lowest BCUT2D eigenvalue weighted by atomic mass is 10.0. The number of likely N-dealkylation sites (tertiary alicyclic amines) is 1. The van der Waals surface area contributed by atoms with Crippen LogP contribution in [0.5, 0.6) is 0 Å². The van der Waals surface area contributed by atoms with E-state index in [2.05, 4.69) is 30.8 Å². The van der Waals surface area contributed by atoms with Crippen molar-refractivity contribution in [2.45, 2.75) is 38.3 Å². The second-order valence-corrected chi connectivity index (χ2v) is 4.88. The normalized spacial score (nSPS) is 26.8. The molecule has 1 aliphatic heterocycles. The first-order valence-electron chi connectivity index (χ1n) is 5.74. The summed E-state index contributed by atoms with van der Waals surface area (Å²) in [4.78, 5) is 4.85. The first kappa shape index (κ1) is 12.0. The van der Waals surface area contributed by atoms with Gasteiger partial charge in [0.15, 0.2) is 0 Å². The molecule has 0 bridgehead atoms. The van der Waals surface area contributed by atoms with Crippen LogP contribution in [0, 0.1) is 0 Å². The van der Waals surface area contributed by atoms with E-state index in [1.807, 2.05) is 0 Å². The highest BCUT2D eigenvalue weighted by atomic mass is 15.2. The molecule has 0 saturated carbocycles. The van der Waals surface area contributed by atoms with Gasteiger partial charge in [-0.2, -0.15) is 0 Å². The molecule has 14 heavy (non-hydrogen) atoms. The molecule has 3 nitrogen and oxygen atoms in total. The van der Waals surface area contributed by atoms with Crippen LogP contribution in [-0.4, -0.2) is 55.6 Å². The second kappa shape index (κ2) is 5.69. The molecule has 84 valence electrons. The van der Waals surface area contributed by atoms with Gasteiger partial charge >= 0.3 is 0 Å². The largest absolute Gasteiger partial charge is 0.327 e. The van der Waals surface area contributed by atoms with Crippen LogP contribution in [0.2, 0.25) is 0 Å². The van der Waals surface area contributed by atoms with E-state index in [1.165, 1.54) is 32.4 Å². The summed E-state index contributed by atoms with van der Waals surface area (Å²) in [6.07, 6.45) is 4.06. The number of hydrogen-bond donors (Lipinski definition) is 1. The van der Waals surface area contributed by atoms with Gasteiger partial charge in [-0.15, -0.1) is 0 Å². The Morgan fingerprint density at radius 2 is 2.14 bits per heavy atom. The summed E-state index contributed by atoms with van der Waals surface area (Å²) in [5.41, 5.74) is 5.86. The van der Waals surface area contributed by atoms with Crippen molar-refractivity contribution in [2.24, 2.45) is 5.73 Å². The SMILES string of the molecule is CC(N)CN1CCCCC1CN(C)C. The Kier molecular flexibility index (Phi) is 4.85. The Bertz CT molecular complexity index is 139. The molecule has 0 aromatic rings. The van der Waals surface area contributed by atoms with E-state index in [4.69, 9.17) is 5.73 Å². The molecule has 2 atom stereocenters. The van der Waals surface area contributed by atoms with Crippen LogP contribution in [-0.2, 0) is 0 Å². The molecule has 0 aliphatic carbocycles. The van der Waals surface area contributed by atoms with Crippen molar-refractivity contribution in [1.29, 1.82) is 0 Å². The van der Waals surface area contributed by atoms with Crippen molar-refractivity contribution in [3.8, 4) is 0 Å².